The Hall–Kier alpha value is -1.23. The van der Waals surface area contributed by atoms with Crippen LogP contribution in [0.3, 0.4) is 0 Å². The number of rotatable bonds is 5. The molecule has 18 heavy (non-hydrogen) atoms. The first-order valence-corrected chi connectivity index (χ1v) is 6.19. The molecule has 96 valence electrons. The van der Waals surface area contributed by atoms with E-state index in [2.05, 4.69) is 10.3 Å². The van der Waals surface area contributed by atoms with E-state index in [0.717, 1.165) is 5.69 Å². The van der Waals surface area contributed by atoms with E-state index in [1.807, 2.05) is 10.8 Å². The average Bonchev–Trinajstić information content (AvgIpc) is 2.81. The molecular formula is C12H13Cl2N3O. The van der Waals surface area contributed by atoms with E-state index < -0.39 is 0 Å². The van der Waals surface area contributed by atoms with Crippen molar-refractivity contribution in [1.29, 1.82) is 0 Å². The van der Waals surface area contributed by atoms with E-state index in [-0.39, 0.29) is 0 Å². The normalized spacial score (nSPS) is 10.6. The second-order valence-corrected chi connectivity index (χ2v) is 4.48. The van der Waals surface area contributed by atoms with E-state index in [4.69, 9.17) is 27.9 Å². The fourth-order valence-electron chi connectivity index (χ4n) is 1.56. The Morgan fingerprint density at radius 1 is 1.39 bits per heavy atom. The van der Waals surface area contributed by atoms with E-state index in [0.29, 0.717) is 29.1 Å². The highest BCUT2D eigenvalue weighted by atomic mass is 35.5. The molecular weight excluding hydrogens is 273 g/mol. The number of nitrogens with zero attached hydrogens (tertiary/aromatic N) is 2. The summed E-state index contributed by atoms with van der Waals surface area (Å²) >= 11 is 12.1. The molecule has 1 aromatic heterocycles. The van der Waals surface area contributed by atoms with Gasteiger partial charge in [-0.05, 0) is 18.2 Å². The van der Waals surface area contributed by atoms with Gasteiger partial charge in [0.1, 0.15) is 0 Å². The van der Waals surface area contributed by atoms with Crippen LogP contribution >= 0.6 is 23.2 Å². The summed E-state index contributed by atoms with van der Waals surface area (Å²) in [6, 6.07) is 5.31. The summed E-state index contributed by atoms with van der Waals surface area (Å²) in [5, 5.41) is 4.41. The van der Waals surface area contributed by atoms with Gasteiger partial charge in [0.25, 0.3) is 0 Å². The first-order chi connectivity index (χ1) is 8.72. The van der Waals surface area contributed by atoms with Gasteiger partial charge in [-0.2, -0.15) is 0 Å². The van der Waals surface area contributed by atoms with Crippen LogP contribution in [0.25, 0.3) is 5.69 Å². The quantitative estimate of drug-likeness (QED) is 0.858. The Bertz CT molecular complexity index is 528. The van der Waals surface area contributed by atoms with Crippen molar-refractivity contribution in [2.45, 2.75) is 0 Å². The summed E-state index contributed by atoms with van der Waals surface area (Å²) in [5.74, 6) is 0.705. The minimum atomic E-state index is 0.607. The third-order valence-electron chi connectivity index (χ3n) is 2.40. The van der Waals surface area contributed by atoms with Crippen molar-refractivity contribution in [3.05, 3.63) is 40.6 Å². The SMILES string of the molecule is COCCNc1nccn1-c1cc(Cl)ccc1Cl. The van der Waals surface area contributed by atoms with Gasteiger partial charge in [0, 0.05) is 31.1 Å². The van der Waals surface area contributed by atoms with Gasteiger partial charge in [-0.3, -0.25) is 4.57 Å². The minimum Gasteiger partial charge on any atom is -0.383 e. The van der Waals surface area contributed by atoms with Gasteiger partial charge in [-0.15, -0.1) is 0 Å². The topological polar surface area (TPSA) is 39.1 Å². The maximum Gasteiger partial charge on any atom is 0.207 e. The Morgan fingerprint density at radius 3 is 3.00 bits per heavy atom. The zero-order chi connectivity index (χ0) is 13.0. The smallest absolute Gasteiger partial charge is 0.207 e. The van der Waals surface area contributed by atoms with Crippen LogP contribution in [0.1, 0.15) is 0 Å². The molecule has 0 radical (unpaired) electrons. The van der Waals surface area contributed by atoms with E-state index >= 15 is 0 Å². The molecule has 0 fully saturated rings. The van der Waals surface area contributed by atoms with E-state index in [1.165, 1.54) is 0 Å². The number of methoxy groups -OCH3 is 1. The number of nitrogens with one attached hydrogen (secondary N) is 1. The maximum atomic E-state index is 6.16. The zero-order valence-electron chi connectivity index (χ0n) is 9.86. The molecule has 1 aromatic carbocycles. The van der Waals surface area contributed by atoms with Gasteiger partial charge < -0.3 is 10.1 Å². The molecule has 0 aliphatic heterocycles. The van der Waals surface area contributed by atoms with Gasteiger partial charge in [0.2, 0.25) is 5.95 Å². The average molecular weight is 286 g/mol. The number of halogens is 2. The zero-order valence-corrected chi connectivity index (χ0v) is 11.4. The molecule has 0 unspecified atom stereocenters. The molecule has 1 heterocycles. The van der Waals surface area contributed by atoms with Crippen molar-refractivity contribution in [2.24, 2.45) is 0 Å². The highest BCUT2D eigenvalue weighted by Gasteiger charge is 2.08. The number of ether oxygens (including phenoxy) is 1. The standard InChI is InChI=1S/C12H13Cl2N3O/c1-18-7-5-16-12-15-4-6-17(12)11-8-9(13)2-3-10(11)14/h2-4,6,8H,5,7H2,1H3,(H,15,16). The molecule has 0 aliphatic rings. The number of benzene rings is 1. The van der Waals surface area contributed by atoms with Crippen molar-refractivity contribution in [3.63, 3.8) is 0 Å². The van der Waals surface area contributed by atoms with Gasteiger partial charge in [-0.25, -0.2) is 4.98 Å². The fraction of sp³-hybridized carbons (Fsp3) is 0.250. The minimum absolute atomic E-state index is 0.607. The molecule has 6 heteroatoms. The molecule has 0 aliphatic carbocycles. The number of hydrogen-bond acceptors (Lipinski definition) is 3. The summed E-state index contributed by atoms with van der Waals surface area (Å²) in [7, 11) is 1.65. The largest absolute Gasteiger partial charge is 0.383 e. The fourth-order valence-corrected chi connectivity index (χ4v) is 1.94. The van der Waals surface area contributed by atoms with E-state index in [1.54, 1.807) is 31.5 Å². The molecule has 4 nitrogen and oxygen atoms in total. The summed E-state index contributed by atoms with van der Waals surface area (Å²) in [4.78, 5) is 4.23. The Kier molecular flexibility index (Phi) is 4.47. The third kappa shape index (κ3) is 2.96. The number of aromatic nitrogens is 2. The Labute approximate surface area is 115 Å². The number of anilines is 1. The number of hydrogen-bond donors (Lipinski definition) is 1. The summed E-state index contributed by atoms with van der Waals surface area (Å²) < 4.78 is 6.83. The molecule has 2 aromatic rings. The highest BCUT2D eigenvalue weighted by molar-refractivity contribution is 6.34. The molecule has 0 amide bonds. The van der Waals surface area contributed by atoms with Crippen LogP contribution in [-0.2, 0) is 4.74 Å². The Balaban J connectivity index is 2.27. The molecule has 0 spiro atoms. The van der Waals surface area contributed by atoms with Gasteiger partial charge in [0.15, 0.2) is 0 Å². The van der Waals surface area contributed by atoms with Crippen LogP contribution in [0, 0.1) is 0 Å². The summed E-state index contributed by atoms with van der Waals surface area (Å²) in [5.41, 5.74) is 0.793. The third-order valence-corrected chi connectivity index (χ3v) is 2.95. The van der Waals surface area contributed by atoms with Gasteiger partial charge >= 0.3 is 0 Å². The lowest BCUT2D eigenvalue weighted by Gasteiger charge is -2.11. The van der Waals surface area contributed by atoms with Gasteiger partial charge in [-0.1, -0.05) is 23.2 Å². The number of imidazole rings is 1. The first-order valence-electron chi connectivity index (χ1n) is 5.44. The molecule has 0 atom stereocenters. The van der Waals surface area contributed by atoms with Crippen molar-refractivity contribution in [1.82, 2.24) is 9.55 Å². The van der Waals surface area contributed by atoms with Crippen LogP contribution in [0.5, 0.6) is 0 Å². The molecule has 0 saturated carbocycles. The lowest BCUT2D eigenvalue weighted by atomic mass is 10.3. The molecule has 0 bridgehead atoms. The van der Waals surface area contributed by atoms with Crippen molar-refractivity contribution in [3.8, 4) is 5.69 Å². The van der Waals surface area contributed by atoms with Crippen LogP contribution < -0.4 is 5.32 Å². The van der Waals surface area contributed by atoms with Crippen molar-refractivity contribution >= 4 is 29.2 Å². The summed E-state index contributed by atoms with van der Waals surface area (Å²) in [6.45, 7) is 1.28. The van der Waals surface area contributed by atoms with Crippen LogP contribution in [0.4, 0.5) is 5.95 Å². The lowest BCUT2D eigenvalue weighted by molar-refractivity contribution is 0.210. The second-order valence-electron chi connectivity index (χ2n) is 3.64. The molecule has 0 saturated heterocycles. The second kappa shape index (κ2) is 6.09. The molecule has 1 N–H and O–H groups in total. The Morgan fingerprint density at radius 2 is 2.22 bits per heavy atom. The van der Waals surface area contributed by atoms with E-state index in [9.17, 15) is 0 Å². The summed E-state index contributed by atoms with van der Waals surface area (Å²) in [6.07, 6.45) is 3.53. The molecule has 2 rings (SSSR count). The monoisotopic (exact) mass is 285 g/mol. The maximum absolute atomic E-state index is 6.16. The van der Waals surface area contributed by atoms with Crippen LogP contribution in [0.2, 0.25) is 10.0 Å². The van der Waals surface area contributed by atoms with Crippen LogP contribution in [-0.4, -0.2) is 29.8 Å². The first kappa shape index (κ1) is 13.2. The van der Waals surface area contributed by atoms with Crippen molar-refractivity contribution < 1.29 is 4.74 Å². The van der Waals surface area contributed by atoms with Crippen molar-refractivity contribution in [2.75, 3.05) is 25.6 Å². The highest BCUT2D eigenvalue weighted by Crippen LogP contribution is 2.26. The van der Waals surface area contributed by atoms with Gasteiger partial charge in [0.05, 0.1) is 17.3 Å². The van der Waals surface area contributed by atoms with Crippen LogP contribution in [0.15, 0.2) is 30.6 Å². The predicted octanol–water partition coefficient (Wildman–Crippen LogP) is 3.24. The lowest BCUT2D eigenvalue weighted by Crippen LogP contribution is -2.11. The predicted molar refractivity (Wildman–Crippen MR) is 73.9 cm³/mol.